The maximum Gasteiger partial charge on any atom is 0.231 e. The number of benzene rings is 3. The van der Waals surface area contributed by atoms with Crippen LogP contribution in [0.2, 0.25) is 0 Å². The van der Waals surface area contributed by atoms with E-state index in [4.69, 9.17) is 19.3 Å². The fourth-order valence-corrected chi connectivity index (χ4v) is 4.42. The molecule has 3 aliphatic heterocycles. The molecule has 0 saturated heterocycles. The van der Waals surface area contributed by atoms with E-state index < -0.39 is 0 Å². The molecular weight excluding hydrogens is 376 g/mol. The lowest BCUT2D eigenvalue weighted by Gasteiger charge is -2.38. The Balaban J connectivity index is 1.41. The lowest BCUT2D eigenvalue weighted by Crippen LogP contribution is -2.33. The van der Waals surface area contributed by atoms with Crippen LogP contribution in [0.1, 0.15) is 47.9 Å². The van der Waals surface area contributed by atoms with Crippen LogP contribution in [0, 0.1) is 0 Å². The van der Waals surface area contributed by atoms with E-state index in [-0.39, 0.29) is 19.1 Å². The predicted octanol–water partition coefficient (Wildman–Crippen LogP) is 5.22. The van der Waals surface area contributed by atoms with Crippen LogP contribution < -0.4 is 14.2 Å². The second-order valence-corrected chi connectivity index (χ2v) is 7.82. The van der Waals surface area contributed by atoms with E-state index in [1.54, 1.807) is 0 Å². The number of hydrogen-bond acceptors (Lipinski definition) is 5. The normalized spacial score (nSPS) is 21.0. The highest BCUT2D eigenvalue weighted by molar-refractivity contribution is 6.02. The van der Waals surface area contributed by atoms with Crippen LogP contribution >= 0.6 is 0 Å². The van der Waals surface area contributed by atoms with Crippen molar-refractivity contribution in [3.05, 3.63) is 89.0 Å². The van der Waals surface area contributed by atoms with Gasteiger partial charge >= 0.3 is 0 Å². The van der Waals surface area contributed by atoms with Gasteiger partial charge in [-0.15, -0.1) is 0 Å². The molecule has 0 amide bonds. The molecule has 3 heterocycles. The molecule has 30 heavy (non-hydrogen) atoms. The quantitative estimate of drug-likeness (QED) is 0.607. The SMILES string of the molecule is CCc1ccc([C@H]2Oc3ccccc3[C@@H]3CC(c4ccc5c(c4)OCO5)=NN23)cc1. The van der Waals surface area contributed by atoms with Crippen LogP contribution in [0.25, 0.3) is 0 Å². The maximum atomic E-state index is 6.44. The molecule has 150 valence electrons. The van der Waals surface area contributed by atoms with Crippen molar-refractivity contribution in [1.29, 1.82) is 0 Å². The van der Waals surface area contributed by atoms with E-state index >= 15 is 0 Å². The van der Waals surface area contributed by atoms with Crippen molar-refractivity contribution in [2.24, 2.45) is 5.10 Å². The van der Waals surface area contributed by atoms with Crippen LogP contribution in [0.3, 0.4) is 0 Å². The molecule has 0 aliphatic carbocycles. The molecule has 0 radical (unpaired) electrons. The number of hydrogen-bond donors (Lipinski definition) is 0. The van der Waals surface area contributed by atoms with Gasteiger partial charge in [0.05, 0.1) is 11.8 Å². The van der Waals surface area contributed by atoms with Gasteiger partial charge in [-0.3, -0.25) is 0 Å². The largest absolute Gasteiger partial charge is 0.464 e. The molecule has 0 fully saturated rings. The van der Waals surface area contributed by atoms with Crippen LogP contribution in [-0.2, 0) is 6.42 Å². The lowest BCUT2D eigenvalue weighted by molar-refractivity contribution is -0.0190. The Labute approximate surface area is 175 Å². The molecule has 6 rings (SSSR count). The average molecular weight is 398 g/mol. The average Bonchev–Trinajstić information content (AvgIpc) is 3.45. The van der Waals surface area contributed by atoms with Gasteiger partial charge in [-0.2, -0.15) is 5.10 Å². The minimum Gasteiger partial charge on any atom is -0.464 e. The number of para-hydroxylation sites is 1. The van der Waals surface area contributed by atoms with E-state index in [1.165, 1.54) is 11.1 Å². The van der Waals surface area contributed by atoms with Gasteiger partial charge in [0.15, 0.2) is 11.5 Å². The number of fused-ring (bicyclic) bond motifs is 4. The van der Waals surface area contributed by atoms with Crippen LogP contribution in [0.15, 0.2) is 71.8 Å². The van der Waals surface area contributed by atoms with Crippen molar-refractivity contribution in [1.82, 2.24) is 5.01 Å². The predicted molar refractivity (Wildman–Crippen MR) is 114 cm³/mol. The Hall–Kier alpha value is -3.47. The molecule has 2 atom stereocenters. The van der Waals surface area contributed by atoms with Crippen LogP contribution in [-0.4, -0.2) is 17.5 Å². The van der Waals surface area contributed by atoms with E-state index in [0.29, 0.717) is 0 Å². The zero-order valence-electron chi connectivity index (χ0n) is 16.7. The highest BCUT2D eigenvalue weighted by Gasteiger charge is 2.41. The summed E-state index contributed by atoms with van der Waals surface area (Å²) in [6.45, 7) is 2.44. The number of aryl methyl sites for hydroxylation is 1. The first-order valence-electron chi connectivity index (χ1n) is 10.4. The van der Waals surface area contributed by atoms with E-state index in [2.05, 4.69) is 60.5 Å². The molecular formula is C25H22N2O3. The Kier molecular flexibility index (Phi) is 3.94. The van der Waals surface area contributed by atoms with Gasteiger partial charge < -0.3 is 14.2 Å². The van der Waals surface area contributed by atoms with Gasteiger partial charge in [0.2, 0.25) is 13.0 Å². The first kappa shape index (κ1) is 17.4. The second kappa shape index (κ2) is 6.80. The van der Waals surface area contributed by atoms with Crippen molar-refractivity contribution in [2.45, 2.75) is 32.0 Å². The molecule has 0 saturated carbocycles. The topological polar surface area (TPSA) is 43.3 Å². The van der Waals surface area contributed by atoms with E-state index in [9.17, 15) is 0 Å². The summed E-state index contributed by atoms with van der Waals surface area (Å²) in [5.74, 6) is 2.51. The maximum absolute atomic E-state index is 6.44. The Morgan fingerprint density at radius 3 is 2.63 bits per heavy atom. The van der Waals surface area contributed by atoms with Crippen LogP contribution in [0.4, 0.5) is 0 Å². The molecule has 3 aromatic carbocycles. The molecule has 0 spiro atoms. The highest BCUT2D eigenvalue weighted by atomic mass is 16.7. The highest BCUT2D eigenvalue weighted by Crippen LogP contribution is 2.47. The number of hydrazone groups is 1. The number of rotatable bonds is 3. The number of nitrogens with zero attached hydrogens (tertiary/aromatic N) is 2. The molecule has 0 aromatic heterocycles. The van der Waals surface area contributed by atoms with Gasteiger partial charge in [-0.25, -0.2) is 5.01 Å². The summed E-state index contributed by atoms with van der Waals surface area (Å²) in [7, 11) is 0. The fraction of sp³-hybridized carbons (Fsp3) is 0.240. The van der Waals surface area contributed by atoms with Crippen LogP contribution in [0.5, 0.6) is 17.2 Å². The smallest absolute Gasteiger partial charge is 0.231 e. The minimum atomic E-state index is -0.248. The zero-order chi connectivity index (χ0) is 20.1. The summed E-state index contributed by atoms with van der Waals surface area (Å²) in [6.07, 6.45) is 1.60. The minimum absolute atomic E-state index is 0.145. The molecule has 3 aliphatic rings. The van der Waals surface area contributed by atoms with Gasteiger partial charge in [0.25, 0.3) is 0 Å². The van der Waals surface area contributed by atoms with Crippen molar-refractivity contribution < 1.29 is 14.2 Å². The third kappa shape index (κ3) is 2.73. The van der Waals surface area contributed by atoms with Crippen molar-refractivity contribution in [3.63, 3.8) is 0 Å². The summed E-state index contributed by atoms with van der Waals surface area (Å²) in [4.78, 5) is 0. The lowest BCUT2D eigenvalue weighted by atomic mass is 9.95. The molecule has 0 bridgehead atoms. The van der Waals surface area contributed by atoms with Gasteiger partial charge in [-0.1, -0.05) is 49.4 Å². The summed E-state index contributed by atoms with van der Waals surface area (Å²) in [5, 5.41) is 7.15. The molecule has 5 heteroatoms. The zero-order valence-corrected chi connectivity index (χ0v) is 16.7. The van der Waals surface area contributed by atoms with E-state index in [1.807, 2.05) is 18.2 Å². The third-order valence-corrected chi connectivity index (χ3v) is 6.08. The Morgan fingerprint density at radius 1 is 0.933 bits per heavy atom. The monoisotopic (exact) mass is 398 g/mol. The first-order valence-corrected chi connectivity index (χ1v) is 10.4. The van der Waals surface area contributed by atoms with Crippen molar-refractivity contribution >= 4 is 5.71 Å². The second-order valence-electron chi connectivity index (χ2n) is 7.82. The van der Waals surface area contributed by atoms with Gasteiger partial charge in [-0.05, 0) is 36.2 Å². The third-order valence-electron chi connectivity index (χ3n) is 6.08. The summed E-state index contributed by atoms with van der Waals surface area (Å²) in [6, 6.07) is 23.1. The van der Waals surface area contributed by atoms with Crippen molar-refractivity contribution in [3.8, 4) is 17.2 Å². The Morgan fingerprint density at radius 2 is 1.77 bits per heavy atom. The molecule has 0 unspecified atom stereocenters. The first-order chi connectivity index (χ1) is 14.8. The molecule has 3 aromatic rings. The summed E-state index contributed by atoms with van der Waals surface area (Å²) < 4.78 is 17.5. The van der Waals surface area contributed by atoms with Gasteiger partial charge in [0.1, 0.15) is 5.75 Å². The Bertz CT molecular complexity index is 1140. The standard InChI is InChI=1S/C25H22N2O3/c1-2-16-7-9-17(10-8-16)25-27-21(19-5-3-4-6-22(19)30-25)14-20(26-27)18-11-12-23-24(13-18)29-15-28-23/h3-13,21,25H,2,14-15H2,1H3/t21-,25+/m0/s1. The van der Waals surface area contributed by atoms with Gasteiger partial charge in [0, 0.05) is 23.1 Å². The summed E-state index contributed by atoms with van der Waals surface area (Å²) in [5.41, 5.74) is 5.71. The molecule has 5 nitrogen and oxygen atoms in total. The summed E-state index contributed by atoms with van der Waals surface area (Å²) >= 11 is 0. The molecule has 0 N–H and O–H groups in total. The fourth-order valence-electron chi connectivity index (χ4n) is 4.42. The number of ether oxygens (including phenoxy) is 3. The van der Waals surface area contributed by atoms with E-state index in [0.717, 1.165) is 46.9 Å². The van der Waals surface area contributed by atoms with Crippen molar-refractivity contribution in [2.75, 3.05) is 6.79 Å².